The number of aromatic nitrogens is 1. The van der Waals surface area contributed by atoms with Gasteiger partial charge in [-0.2, -0.15) is 13.2 Å². The van der Waals surface area contributed by atoms with E-state index in [1.807, 2.05) is 0 Å². The Morgan fingerprint density at radius 3 is 2.64 bits per heavy atom. The molecule has 0 N–H and O–H groups in total. The summed E-state index contributed by atoms with van der Waals surface area (Å²) in [4.78, 5) is 14.3. The van der Waals surface area contributed by atoms with Crippen LogP contribution in [0.1, 0.15) is 11.3 Å². The second-order valence-corrected chi connectivity index (χ2v) is 2.92. The standard InChI is InChI=1S/C9H8F3NO/c1-6-2-3-13-7(4-6)5-8(14)9(10,11)12/h2-4H,5H2,1H3. The highest BCUT2D eigenvalue weighted by Crippen LogP contribution is 2.18. The lowest BCUT2D eigenvalue weighted by Crippen LogP contribution is -2.24. The van der Waals surface area contributed by atoms with Gasteiger partial charge in [0.05, 0.1) is 6.42 Å². The number of pyridine rings is 1. The van der Waals surface area contributed by atoms with Gasteiger partial charge >= 0.3 is 6.18 Å². The van der Waals surface area contributed by atoms with Gasteiger partial charge in [-0.15, -0.1) is 0 Å². The molecule has 0 aliphatic rings. The third-order valence-corrected chi connectivity index (χ3v) is 1.63. The zero-order valence-electron chi connectivity index (χ0n) is 7.43. The first-order valence-corrected chi connectivity index (χ1v) is 3.91. The van der Waals surface area contributed by atoms with E-state index in [0.29, 0.717) is 0 Å². The summed E-state index contributed by atoms with van der Waals surface area (Å²) in [5.41, 5.74) is 0.928. The van der Waals surface area contributed by atoms with Gasteiger partial charge in [0.1, 0.15) is 0 Å². The Balaban J connectivity index is 2.75. The van der Waals surface area contributed by atoms with Crippen molar-refractivity contribution >= 4 is 5.78 Å². The van der Waals surface area contributed by atoms with Crippen LogP contribution in [0.5, 0.6) is 0 Å². The number of carbonyl (C=O) groups is 1. The van der Waals surface area contributed by atoms with Gasteiger partial charge in [0.15, 0.2) is 0 Å². The molecule has 2 nitrogen and oxygen atoms in total. The first-order chi connectivity index (χ1) is 6.39. The smallest absolute Gasteiger partial charge is 0.289 e. The largest absolute Gasteiger partial charge is 0.450 e. The maximum Gasteiger partial charge on any atom is 0.450 e. The highest BCUT2D eigenvalue weighted by molar-refractivity contribution is 5.85. The third kappa shape index (κ3) is 2.83. The van der Waals surface area contributed by atoms with Crippen LogP contribution in [0.15, 0.2) is 18.3 Å². The van der Waals surface area contributed by atoms with E-state index in [9.17, 15) is 18.0 Å². The molecule has 0 atom stereocenters. The number of carbonyl (C=O) groups excluding carboxylic acids is 1. The molecule has 0 saturated carbocycles. The van der Waals surface area contributed by atoms with Crippen LogP contribution in [-0.4, -0.2) is 16.9 Å². The van der Waals surface area contributed by atoms with E-state index in [1.165, 1.54) is 12.3 Å². The number of hydrogen-bond donors (Lipinski definition) is 0. The second kappa shape index (κ2) is 3.77. The number of rotatable bonds is 2. The molecule has 76 valence electrons. The van der Waals surface area contributed by atoms with E-state index >= 15 is 0 Å². The van der Waals surface area contributed by atoms with Gasteiger partial charge < -0.3 is 0 Å². The minimum Gasteiger partial charge on any atom is -0.289 e. The molecule has 1 heterocycles. The fourth-order valence-electron chi connectivity index (χ4n) is 0.960. The molecule has 0 aromatic carbocycles. The van der Waals surface area contributed by atoms with Crippen molar-refractivity contribution in [1.82, 2.24) is 4.98 Å². The van der Waals surface area contributed by atoms with Gasteiger partial charge in [0.25, 0.3) is 0 Å². The van der Waals surface area contributed by atoms with E-state index in [2.05, 4.69) is 4.98 Å². The van der Waals surface area contributed by atoms with Crippen molar-refractivity contribution in [3.05, 3.63) is 29.6 Å². The molecule has 0 aliphatic carbocycles. The fourth-order valence-corrected chi connectivity index (χ4v) is 0.960. The monoisotopic (exact) mass is 203 g/mol. The van der Waals surface area contributed by atoms with E-state index in [1.54, 1.807) is 13.0 Å². The molecule has 0 bridgehead atoms. The van der Waals surface area contributed by atoms with Crippen LogP contribution in [0.2, 0.25) is 0 Å². The minimum absolute atomic E-state index is 0.146. The number of aryl methyl sites for hydroxylation is 1. The lowest BCUT2D eigenvalue weighted by Gasteiger charge is -2.04. The first kappa shape index (κ1) is 10.7. The van der Waals surface area contributed by atoms with Crippen LogP contribution in [0.25, 0.3) is 0 Å². The van der Waals surface area contributed by atoms with Crippen molar-refractivity contribution in [2.75, 3.05) is 0 Å². The van der Waals surface area contributed by atoms with Crippen molar-refractivity contribution in [3.63, 3.8) is 0 Å². The number of Topliss-reactive ketones (excluding diaryl/α,β-unsaturated/α-hetero) is 1. The zero-order valence-corrected chi connectivity index (χ0v) is 7.43. The Bertz CT molecular complexity index is 346. The molecule has 0 amide bonds. The van der Waals surface area contributed by atoms with Crippen molar-refractivity contribution in [3.8, 4) is 0 Å². The molecule has 0 spiro atoms. The van der Waals surface area contributed by atoms with Crippen molar-refractivity contribution < 1.29 is 18.0 Å². The van der Waals surface area contributed by atoms with E-state index in [4.69, 9.17) is 0 Å². The predicted molar refractivity (Wildman–Crippen MR) is 43.7 cm³/mol. The van der Waals surface area contributed by atoms with Crippen LogP contribution in [0.4, 0.5) is 13.2 Å². The van der Waals surface area contributed by atoms with E-state index < -0.39 is 18.4 Å². The molecule has 1 aromatic heterocycles. The molecular formula is C9H8F3NO. The second-order valence-electron chi connectivity index (χ2n) is 2.92. The summed E-state index contributed by atoms with van der Waals surface area (Å²) in [6, 6.07) is 3.12. The normalized spacial score (nSPS) is 11.4. The fraction of sp³-hybridized carbons (Fsp3) is 0.333. The van der Waals surface area contributed by atoms with Crippen LogP contribution >= 0.6 is 0 Å². The molecule has 0 aliphatic heterocycles. The number of halogens is 3. The molecule has 1 rings (SSSR count). The number of ketones is 1. The zero-order chi connectivity index (χ0) is 10.8. The van der Waals surface area contributed by atoms with Crippen molar-refractivity contribution in [2.24, 2.45) is 0 Å². The average molecular weight is 203 g/mol. The SMILES string of the molecule is Cc1ccnc(CC(=O)C(F)(F)F)c1. The summed E-state index contributed by atoms with van der Waals surface area (Å²) in [7, 11) is 0. The van der Waals surface area contributed by atoms with Crippen molar-refractivity contribution in [2.45, 2.75) is 19.5 Å². The summed E-state index contributed by atoms with van der Waals surface area (Å²) in [5, 5.41) is 0. The molecule has 5 heteroatoms. The predicted octanol–water partition coefficient (Wildman–Crippen LogP) is 2.06. The number of alkyl halides is 3. The Labute approximate surface area is 78.8 Å². The summed E-state index contributed by atoms with van der Waals surface area (Å²) in [5.74, 6) is -1.77. The van der Waals surface area contributed by atoms with Gasteiger partial charge in [-0.3, -0.25) is 9.78 Å². The molecule has 14 heavy (non-hydrogen) atoms. The van der Waals surface area contributed by atoms with Gasteiger partial charge in [-0.25, -0.2) is 0 Å². The Morgan fingerprint density at radius 2 is 2.14 bits per heavy atom. The summed E-state index contributed by atoms with van der Waals surface area (Å²) in [6.45, 7) is 1.73. The van der Waals surface area contributed by atoms with Crippen LogP contribution in [-0.2, 0) is 11.2 Å². The van der Waals surface area contributed by atoms with Crippen molar-refractivity contribution in [1.29, 1.82) is 0 Å². The molecule has 0 fully saturated rings. The Morgan fingerprint density at radius 1 is 1.50 bits per heavy atom. The van der Waals surface area contributed by atoms with Gasteiger partial charge in [0.2, 0.25) is 5.78 Å². The maximum absolute atomic E-state index is 11.9. The van der Waals surface area contributed by atoms with E-state index in [0.717, 1.165) is 5.56 Å². The maximum atomic E-state index is 11.9. The summed E-state index contributed by atoms with van der Waals surface area (Å²) >= 11 is 0. The van der Waals surface area contributed by atoms with Gasteiger partial charge in [-0.1, -0.05) is 0 Å². The third-order valence-electron chi connectivity index (χ3n) is 1.63. The highest BCUT2D eigenvalue weighted by Gasteiger charge is 2.37. The molecule has 0 radical (unpaired) electrons. The Kier molecular flexibility index (Phi) is 2.88. The number of nitrogens with zero attached hydrogens (tertiary/aromatic N) is 1. The van der Waals surface area contributed by atoms with Crippen LogP contribution < -0.4 is 0 Å². The lowest BCUT2D eigenvalue weighted by atomic mass is 10.1. The Hall–Kier alpha value is -1.39. The molecule has 0 unspecified atom stereocenters. The quantitative estimate of drug-likeness (QED) is 0.736. The summed E-state index contributed by atoms with van der Waals surface area (Å²) < 4.78 is 35.6. The number of hydrogen-bond acceptors (Lipinski definition) is 2. The van der Waals surface area contributed by atoms with Gasteiger partial charge in [-0.05, 0) is 24.6 Å². The summed E-state index contributed by atoms with van der Waals surface area (Å²) in [6.07, 6.45) is -4.08. The molecule has 0 saturated heterocycles. The topological polar surface area (TPSA) is 30.0 Å². The van der Waals surface area contributed by atoms with E-state index in [-0.39, 0.29) is 5.69 Å². The highest BCUT2D eigenvalue weighted by atomic mass is 19.4. The average Bonchev–Trinajstić information content (AvgIpc) is 2.02. The molecule has 1 aromatic rings. The first-order valence-electron chi connectivity index (χ1n) is 3.91. The minimum atomic E-state index is -4.77. The van der Waals surface area contributed by atoms with Crippen LogP contribution in [0.3, 0.4) is 0 Å². The van der Waals surface area contributed by atoms with Crippen LogP contribution in [0, 0.1) is 6.92 Å². The van der Waals surface area contributed by atoms with Gasteiger partial charge in [0, 0.05) is 11.9 Å². The molecular weight excluding hydrogens is 195 g/mol. The lowest BCUT2D eigenvalue weighted by molar-refractivity contribution is -0.170.